The predicted molar refractivity (Wildman–Crippen MR) is 56.2 cm³/mol. The van der Waals surface area contributed by atoms with E-state index in [0.29, 0.717) is 0 Å². The minimum atomic E-state index is 1.19. The molecule has 1 nitrogen and oxygen atoms in total. The molecule has 0 radical (unpaired) electrons. The second kappa shape index (κ2) is 7.20. The summed E-state index contributed by atoms with van der Waals surface area (Å²) in [6.07, 6.45) is 7.34. The van der Waals surface area contributed by atoms with Gasteiger partial charge in [0.2, 0.25) is 0 Å². The van der Waals surface area contributed by atoms with Gasteiger partial charge in [-0.05, 0) is 26.0 Å². The van der Waals surface area contributed by atoms with Crippen LogP contribution >= 0.6 is 0 Å². The summed E-state index contributed by atoms with van der Waals surface area (Å²) in [4.78, 5) is 2.30. The molecule has 0 saturated carbocycles. The first kappa shape index (κ1) is 11.5. The standard InChI is InChI=1S/C11H23N/c1-5-7-9-12(4)10-11(3)8-6-2/h10H,5-9H2,1-4H3/b11-10-. The number of hydrogen-bond donors (Lipinski definition) is 0. The molecule has 0 aromatic carbocycles. The van der Waals surface area contributed by atoms with Crippen molar-refractivity contribution in [2.75, 3.05) is 13.6 Å². The third-order valence-corrected chi connectivity index (χ3v) is 1.95. The monoisotopic (exact) mass is 169 g/mol. The van der Waals surface area contributed by atoms with E-state index in [-0.39, 0.29) is 0 Å². The SMILES string of the molecule is CCCCN(C)/C=C(/C)CCC. The van der Waals surface area contributed by atoms with Crippen molar-refractivity contribution in [3.05, 3.63) is 11.8 Å². The van der Waals surface area contributed by atoms with Crippen molar-refractivity contribution in [2.24, 2.45) is 0 Å². The lowest BCUT2D eigenvalue weighted by atomic mass is 10.2. The van der Waals surface area contributed by atoms with Gasteiger partial charge in [0.15, 0.2) is 0 Å². The van der Waals surface area contributed by atoms with Crippen molar-refractivity contribution in [2.45, 2.75) is 46.5 Å². The molecule has 72 valence electrons. The first-order valence-electron chi connectivity index (χ1n) is 5.08. The van der Waals surface area contributed by atoms with Gasteiger partial charge in [-0.25, -0.2) is 0 Å². The Balaban J connectivity index is 3.63. The van der Waals surface area contributed by atoms with E-state index in [2.05, 4.69) is 38.9 Å². The topological polar surface area (TPSA) is 3.24 Å². The molecule has 0 aliphatic carbocycles. The van der Waals surface area contributed by atoms with Crippen LogP contribution in [-0.4, -0.2) is 18.5 Å². The van der Waals surface area contributed by atoms with Crippen molar-refractivity contribution >= 4 is 0 Å². The van der Waals surface area contributed by atoms with E-state index in [9.17, 15) is 0 Å². The first-order valence-corrected chi connectivity index (χ1v) is 5.08. The number of allylic oxidation sites excluding steroid dienone is 1. The van der Waals surface area contributed by atoms with Crippen LogP contribution in [0.4, 0.5) is 0 Å². The Labute approximate surface area is 77.5 Å². The van der Waals surface area contributed by atoms with Gasteiger partial charge in [-0.2, -0.15) is 0 Å². The summed E-state index contributed by atoms with van der Waals surface area (Å²) in [5.41, 5.74) is 1.50. The van der Waals surface area contributed by atoms with E-state index < -0.39 is 0 Å². The molecule has 0 saturated heterocycles. The zero-order chi connectivity index (χ0) is 9.40. The van der Waals surface area contributed by atoms with Crippen LogP contribution < -0.4 is 0 Å². The summed E-state index contributed by atoms with van der Waals surface area (Å²) in [6, 6.07) is 0. The van der Waals surface area contributed by atoms with Crippen LogP contribution in [-0.2, 0) is 0 Å². The summed E-state index contributed by atoms with van der Waals surface area (Å²) in [5, 5.41) is 0. The average Bonchev–Trinajstić information content (AvgIpc) is 2.01. The van der Waals surface area contributed by atoms with Crippen molar-refractivity contribution < 1.29 is 0 Å². The van der Waals surface area contributed by atoms with Crippen LogP contribution in [0.5, 0.6) is 0 Å². The molecule has 0 N–H and O–H groups in total. The molecule has 0 bridgehead atoms. The molecule has 12 heavy (non-hydrogen) atoms. The van der Waals surface area contributed by atoms with Gasteiger partial charge < -0.3 is 4.90 Å². The first-order chi connectivity index (χ1) is 5.70. The number of nitrogens with zero attached hydrogens (tertiary/aromatic N) is 1. The number of rotatable bonds is 6. The van der Waals surface area contributed by atoms with Gasteiger partial charge in [-0.3, -0.25) is 0 Å². The molecule has 0 heterocycles. The van der Waals surface area contributed by atoms with E-state index >= 15 is 0 Å². The van der Waals surface area contributed by atoms with Crippen LogP contribution in [0.2, 0.25) is 0 Å². The summed E-state index contributed by atoms with van der Waals surface area (Å²) >= 11 is 0. The quantitative estimate of drug-likeness (QED) is 0.589. The molecule has 0 spiro atoms. The van der Waals surface area contributed by atoms with Crippen LogP contribution in [0.3, 0.4) is 0 Å². The Kier molecular flexibility index (Phi) is 6.93. The molecule has 0 aromatic heterocycles. The lowest BCUT2D eigenvalue weighted by molar-refractivity contribution is 0.436. The maximum Gasteiger partial charge on any atom is 0.0169 e. The zero-order valence-electron chi connectivity index (χ0n) is 9.06. The fourth-order valence-electron chi connectivity index (χ4n) is 1.31. The second-order valence-corrected chi connectivity index (χ2v) is 3.56. The van der Waals surface area contributed by atoms with Gasteiger partial charge in [0.05, 0.1) is 0 Å². The maximum atomic E-state index is 2.30. The largest absolute Gasteiger partial charge is 0.380 e. The van der Waals surface area contributed by atoms with E-state index in [1.54, 1.807) is 0 Å². The predicted octanol–water partition coefficient (Wildman–Crippen LogP) is 3.42. The minimum absolute atomic E-state index is 1.19. The Hall–Kier alpha value is -0.460. The van der Waals surface area contributed by atoms with E-state index in [1.165, 1.54) is 37.8 Å². The van der Waals surface area contributed by atoms with Crippen molar-refractivity contribution in [3.8, 4) is 0 Å². The maximum absolute atomic E-state index is 2.30. The highest BCUT2D eigenvalue weighted by Gasteiger charge is 1.92. The molecule has 0 aliphatic heterocycles. The number of hydrogen-bond acceptors (Lipinski definition) is 1. The summed E-state index contributed by atoms with van der Waals surface area (Å²) in [6.45, 7) is 7.86. The van der Waals surface area contributed by atoms with Gasteiger partial charge >= 0.3 is 0 Å². The molecular formula is C11H23N. The Morgan fingerprint density at radius 2 is 1.92 bits per heavy atom. The van der Waals surface area contributed by atoms with E-state index in [1.807, 2.05) is 0 Å². The molecule has 0 unspecified atom stereocenters. The van der Waals surface area contributed by atoms with E-state index in [0.717, 1.165) is 0 Å². The summed E-state index contributed by atoms with van der Waals surface area (Å²) < 4.78 is 0. The third-order valence-electron chi connectivity index (χ3n) is 1.95. The minimum Gasteiger partial charge on any atom is -0.380 e. The van der Waals surface area contributed by atoms with E-state index in [4.69, 9.17) is 0 Å². The van der Waals surface area contributed by atoms with Crippen LogP contribution in [0, 0.1) is 0 Å². The van der Waals surface area contributed by atoms with Gasteiger partial charge in [0.25, 0.3) is 0 Å². The summed E-state index contributed by atoms with van der Waals surface area (Å²) in [5.74, 6) is 0. The lowest BCUT2D eigenvalue weighted by Gasteiger charge is -2.14. The van der Waals surface area contributed by atoms with Gasteiger partial charge in [0.1, 0.15) is 0 Å². The molecule has 0 aliphatic rings. The fourth-order valence-corrected chi connectivity index (χ4v) is 1.31. The fraction of sp³-hybridized carbons (Fsp3) is 0.818. The highest BCUT2D eigenvalue weighted by molar-refractivity contribution is 4.96. The van der Waals surface area contributed by atoms with Crippen molar-refractivity contribution in [1.82, 2.24) is 4.90 Å². The van der Waals surface area contributed by atoms with Crippen LogP contribution in [0.15, 0.2) is 11.8 Å². The van der Waals surface area contributed by atoms with Crippen molar-refractivity contribution in [1.29, 1.82) is 0 Å². The zero-order valence-corrected chi connectivity index (χ0v) is 9.06. The molecule has 0 fully saturated rings. The van der Waals surface area contributed by atoms with Crippen LogP contribution in [0.1, 0.15) is 46.5 Å². The van der Waals surface area contributed by atoms with Gasteiger partial charge in [-0.15, -0.1) is 0 Å². The Morgan fingerprint density at radius 3 is 2.42 bits per heavy atom. The highest BCUT2D eigenvalue weighted by Crippen LogP contribution is 2.04. The molecule has 1 heteroatoms. The van der Waals surface area contributed by atoms with Gasteiger partial charge in [-0.1, -0.05) is 32.3 Å². The highest BCUT2D eigenvalue weighted by atomic mass is 15.1. The average molecular weight is 169 g/mol. The summed E-state index contributed by atoms with van der Waals surface area (Å²) in [7, 11) is 2.16. The molecule has 0 amide bonds. The van der Waals surface area contributed by atoms with Gasteiger partial charge in [0, 0.05) is 13.6 Å². The Morgan fingerprint density at radius 1 is 1.25 bits per heavy atom. The normalized spacial score (nSPS) is 11.8. The smallest absolute Gasteiger partial charge is 0.0169 e. The molecular weight excluding hydrogens is 146 g/mol. The number of unbranched alkanes of at least 4 members (excludes halogenated alkanes) is 1. The molecule has 0 atom stereocenters. The Bertz CT molecular complexity index is 127. The van der Waals surface area contributed by atoms with Crippen LogP contribution in [0.25, 0.3) is 0 Å². The lowest BCUT2D eigenvalue weighted by Crippen LogP contribution is -2.12. The third kappa shape index (κ3) is 6.26. The van der Waals surface area contributed by atoms with Crippen molar-refractivity contribution in [3.63, 3.8) is 0 Å². The molecule has 0 rings (SSSR count). The molecule has 0 aromatic rings. The second-order valence-electron chi connectivity index (χ2n) is 3.56.